The summed E-state index contributed by atoms with van der Waals surface area (Å²) in [5.74, 6) is 0.800. The number of alkyl halides is 2. The summed E-state index contributed by atoms with van der Waals surface area (Å²) in [6, 6.07) is 9.51. The van der Waals surface area contributed by atoms with Gasteiger partial charge in [-0.1, -0.05) is 12.1 Å². The molecule has 4 rings (SSSR count). The van der Waals surface area contributed by atoms with Crippen molar-refractivity contribution >= 4 is 5.71 Å². The second-order valence-electron chi connectivity index (χ2n) is 6.54. The van der Waals surface area contributed by atoms with E-state index in [1.54, 1.807) is 13.0 Å². The summed E-state index contributed by atoms with van der Waals surface area (Å²) in [6.07, 6.45) is 0.892. The van der Waals surface area contributed by atoms with Gasteiger partial charge >= 0.3 is 0 Å². The van der Waals surface area contributed by atoms with E-state index in [1.165, 1.54) is 6.20 Å². The highest BCUT2D eigenvalue weighted by molar-refractivity contribution is 6.14. The highest BCUT2D eigenvalue weighted by Crippen LogP contribution is 2.47. The van der Waals surface area contributed by atoms with Crippen LogP contribution in [0, 0.1) is 6.92 Å². The molecule has 5 heteroatoms. The van der Waals surface area contributed by atoms with Crippen molar-refractivity contribution in [2.24, 2.45) is 4.99 Å². The molecule has 1 atom stereocenters. The van der Waals surface area contributed by atoms with Gasteiger partial charge in [-0.3, -0.25) is 9.98 Å². The van der Waals surface area contributed by atoms with Crippen LogP contribution in [0.1, 0.15) is 48.6 Å². The zero-order valence-corrected chi connectivity index (χ0v) is 13.6. The molecular weight excluding hydrogens is 310 g/mol. The topological polar surface area (TPSA) is 34.5 Å². The van der Waals surface area contributed by atoms with E-state index in [9.17, 15) is 8.78 Å². The lowest BCUT2D eigenvalue weighted by molar-refractivity contribution is 0.145. The van der Waals surface area contributed by atoms with E-state index in [1.807, 2.05) is 31.2 Å². The number of aryl methyl sites for hydroxylation is 1. The molecule has 124 valence electrons. The van der Waals surface area contributed by atoms with Crippen molar-refractivity contribution < 1.29 is 13.5 Å². The minimum absolute atomic E-state index is 0.00924. The van der Waals surface area contributed by atoms with E-state index in [4.69, 9.17) is 9.73 Å². The van der Waals surface area contributed by atoms with Crippen LogP contribution in [-0.2, 0) is 0 Å². The average Bonchev–Trinajstić information content (AvgIpc) is 3.34. The summed E-state index contributed by atoms with van der Waals surface area (Å²) in [5, 5.41) is 0. The van der Waals surface area contributed by atoms with Crippen molar-refractivity contribution in [3.8, 4) is 5.75 Å². The lowest BCUT2D eigenvalue weighted by Crippen LogP contribution is -2.29. The maximum atomic E-state index is 13.0. The average molecular weight is 328 g/mol. The first-order valence-electron chi connectivity index (χ1n) is 8.11. The fourth-order valence-corrected chi connectivity index (χ4v) is 3.25. The van der Waals surface area contributed by atoms with E-state index >= 15 is 0 Å². The molecule has 1 aromatic heterocycles. The number of fused-ring (bicyclic) bond motifs is 1. The van der Waals surface area contributed by atoms with Gasteiger partial charge in [0, 0.05) is 17.3 Å². The Labute approximate surface area is 139 Å². The van der Waals surface area contributed by atoms with Gasteiger partial charge in [0.1, 0.15) is 17.0 Å². The van der Waals surface area contributed by atoms with Crippen molar-refractivity contribution in [3.05, 3.63) is 58.9 Å². The number of aliphatic imine (C=N–C) groups is 1. The Hall–Kier alpha value is -2.30. The van der Waals surface area contributed by atoms with Crippen molar-refractivity contribution in [2.45, 2.75) is 44.8 Å². The van der Waals surface area contributed by atoms with Crippen molar-refractivity contribution in [2.75, 3.05) is 0 Å². The Bertz CT molecular complexity index is 828. The molecule has 3 nitrogen and oxygen atoms in total. The number of pyridine rings is 1. The van der Waals surface area contributed by atoms with Crippen LogP contribution in [-0.4, -0.2) is 22.3 Å². The number of hydrogen-bond donors (Lipinski definition) is 0. The van der Waals surface area contributed by atoms with Crippen LogP contribution < -0.4 is 4.74 Å². The largest absolute Gasteiger partial charge is 0.484 e. The number of rotatable bonds is 2. The monoisotopic (exact) mass is 328 g/mol. The molecule has 0 bridgehead atoms. The molecule has 2 aliphatic rings. The normalized spacial score (nSPS) is 21.0. The molecule has 1 aliphatic carbocycles. The maximum Gasteiger partial charge on any atom is 0.280 e. The lowest BCUT2D eigenvalue weighted by Gasteiger charge is -2.19. The second kappa shape index (κ2) is 5.36. The number of benzene rings is 1. The molecule has 0 N–H and O–H groups in total. The van der Waals surface area contributed by atoms with E-state index in [0.29, 0.717) is 5.56 Å². The van der Waals surface area contributed by atoms with Gasteiger partial charge in [0.15, 0.2) is 0 Å². The predicted octanol–water partition coefficient (Wildman–Crippen LogP) is 4.48. The molecule has 0 unspecified atom stereocenters. The number of ether oxygens (including phenoxy) is 1. The molecule has 0 saturated heterocycles. The van der Waals surface area contributed by atoms with Gasteiger partial charge in [0.25, 0.3) is 6.43 Å². The molecule has 0 radical (unpaired) electrons. The van der Waals surface area contributed by atoms with Gasteiger partial charge in [-0.15, -0.1) is 0 Å². The van der Waals surface area contributed by atoms with E-state index < -0.39 is 6.43 Å². The van der Waals surface area contributed by atoms with E-state index in [2.05, 4.69) is 4.98 Å². The molecule has 24 heavy (non-hydrogen) atoms. The van der Waals surface area contributed by atoms with Crippen molar-refractivity contribution in [1.29, 1.82) is 0 Å². The first kappa shape index (κ1) is 15.2. The van der Waals surface area contributed by atoms with Crippen LogP contribution in [0.25, 0.3) is 0 Å². The van der Waals surface area contributed by atoms with Gasteiger partial charge in [-0.05, 0) is 50.5 Å². The van der Waals surface area contributed by atoms with Crippen molar-refractivity contribution in [1.82, 2.24) is 4.98 Å². The first-order chi connectivity index (χ1) is 11.5. The molecular formula is C19H18F2N2O. The Morgan fingerprint density at radius 1 is 1.25 bits per heavy atom. The summed E-state index contributed by atoms with van der Waals surface area (Å²) >= 11 is 0. The molecule has 2 heterocycles. The minimum atomic E-state index is -2.57. The summed E-state index contributed by atoms with van der Waals surface area (Å²) in [6.45, 7) is 3.70. The third-order valence-electron chi connectivity index (χ3n) is 4.88. The lowest BCUT2D eigenvalue weighted by atomic mass is 10.0. The third-order valence-corrected chi connectivity index (χ3v) is 4.88. The summed E-state index contributed by atoms with van der Waals surface area (Å²) < 4.78 is 32.2. The maximum absolute atomic E-state index is 13.0. The standard InChI is InChI=1S/C19H18F2N2O/c1-11-9-13(10-22-16(11)18(20)21)17-14-5-3-4-6-15(14)24-19(7-8-19)12(2)23-17/h3-6,9-10,12,18H,7-8H2,1-2H3/t12-/m1/s1. The summed E-state index contributed by atoms with van der Waals surface area (Å²) in [4.78, 5) is 8.84. The van der Waals surface area contributed by atoms with Crippen molar-refractivity contribution in [3.63, 3.8) is 0 Å². The molecule has 1 aromatic carbocycles. The van der Waals surface area contributed by atoms with Gasteiger partial charge in [-0.25, -0.2) is 8.78 Å². The SMILES string of the molecule is Cc1cc(C2=N[C@H](C)C3(CC3)Oc3ccccc32)cnc1C(F)F. The number of nitrogens with zero attached hydrogens (tertiary/aromatic N) is 2. The predicted molar refractivity (Wildman–Crippen MR) is 88.1 cm³/mol. The molecule has 2 aromatic rings. The zero-order valence-electron chi connectivity index (χ0n) is 13.6. The number of hydrogen-bond acceptors (Lipinski definition) is 3. The summed E-state index contributed by atoms with van der Waals surface area (Å²) in [7, 11) is 0. The quantitative estimate of drug-likeness (QED) is 0.815. The van der Waals surface area contributed by atoms with Crippen LogP contribution in [0.2, 0.25) is 0 Å². The molecule has 1 spiro atoms. The molecule has 1 saturated carbocycles. The van der Waals surface area contributed by atoms with Gasteiger partial charge in [0.05, 0.1) is 11.8 Å². The van der Waals surface area contributed by atoms with Crippen LogP contribution in [0.3, 0.4) is 0 Å². The number of halogens is 2. The molecule has 0 amide bonds. The fraction of sp³-hybridized carbons (Fsp3) is 0.368. The third kappa shape index (κ3) is 2.39. The van der Waals surface area contributed by atoms with E-state index in [0.717, 1.165) is 35.4 Å². The second-order valence-corrected chi connectivity index (χ2v) is 6.54. The minimum Gasteiger partial charge on any atom is -0.484 e. The van der Waals surface area contributed by atoms with Crippen LogP contribution in [0.15, 0.2) is 41.5 Å². The van der Waals surface area contributed by atoms with Gasteiger partial charge < -0.3 is 4.74 Å². The van der Waals surface area contributed by atoms with Gasteiger partial charge in [-0.2, -0.15) is 0 Å². The Morgan fingerprint density at radius 3 is 2.67 bits per heavy atom. The number of para-hydroxylation sites is 1. The zero-order chi connectivity index (χ0) is 16.9. The molecule has 1 aliphatic heterocycles. The van der Waals surface area contributed by atoms with Crippen LogP contribution in [0.5, 0.6) is 5.75 Å². The molecule has 1 fully saturated rings. The Kier molecular flexibility index (Phi) is 3.41. The highest BCUT2D eigenvalue weighted by atomic mass is 19.3. The fourth-order valence-electron chi connectivity index (χ4n) is 3.25. The highest BCUT2D eigenvalue weighted by Gasteiger charge is 2.52. The Morgan fingerprint density at radius 2 is 2.00 bits per heavy atom. The number of aromatic nitrogens is 1. The van der Waals surface area contributed by atoms with Gasteiger partial charge in [0.2, 0.25) is 0 Å². The van der Waals surface area contributed by atoms with Crippen LogP contribution >= 0.6 is 0 Å². The summed E-state index contributed by atoms with van der Waals surface area (Å²) in [5.41, 5.74) is 2.48. The van der Waals surface area contributed by atoms with Crippen LogP contribution in [0.4, 0.5) is 8.78 Å². The Balaban J connectivity index is 1.85. The first-order valence-corrected chi connectivity index (χ1v) is 8.11. The smallest absolute Gasteiger partial charge is 0.280 e. The van der Waals surface area contributed by atoms with E-state index in [-0.39, 0.29) is 17.3 Å².